The van der Waals surface area contributed by atoms with Crippen LogP contribution in [0, 0.1) is 12.3 Å². The van der Waals surface area contributed by atoms with E-state index < -0.39 is 92.5 Å². The first-order valence-electron chi connectivity index (χ1n) is 28.8. The number of carboxylic acids is 1. The van der Waals surface area contributed by atoms with Crippen LogP contribution in [0.4, 0.5) is 0 Å². The standard InChI is InChI=1S/C59H86O6.C7H8O.C5H12O4/c1-51(2,3)35-29-45(60)41(55(13,14)15)25-33(35)49(34-26-42(56(16,17)18)46(61)30-36(34)52(4,5)6)59(50(64)65,39-27-43(57(19,20)21)47(62)31-37(39)53(7,8)9)40-28-44(58(22,23)24)48(63)32-38(40)54(10,11)12;1-6-4-2-3-5-7(6)8;6-1-5(2-7,3-8)4-9/h25-32,49,60-63H,1-24H3,(H,64,65);2-5,8H,1H3;6-9H,1-4H2. The van der Waals surface area contributed by atoms with Crippen LogP contribution in [-0.2, 0) is 53.5 Å². The summed E-state index contributed by atoms with van der Waals surface area (Å²) in [5.74, 6) is -1.35. The van der Waals surface area contributed by atoms with Gasteiger partial charge < -0.3 is 51.1 Å². The highest BCUT2D eigenvalue weighted by Crippen LogP contribution is 2.60. The van der Waals surface area contributed by atoms with Crippen molar-refractivity contribution in [1.82, 2.24) is 0 Å². The molecule has 82 heavy (non-hydrogen) atoms. The van der Waals surface area contributed by atoms with Gasteiger partial charge in [-0.1, -0.05) is 197 Å². The Kier molecular flexibility index (Phi) is 21.2. The molecular weight excluding hydrogens is 1030 g/mol. The number of aliphatic carboxylic acids is 1. The summed E-state index contributed by atoms with van der Waals surface area (Å²) in [6, 6.07) is 22.5. The molecule has 0 aliphatic rings. The first-order valence-corrected chi connectivity index (χ1v) is 28.8. The fraction of sp³-hybridized carbons (Fsp3) is 0.563. The molecule has 0 fully saturated rings. The number of carboxylic acid groups (broad SMARTS) is 1. The Hall–Kier alpha value is -5.59. The molecule has 10 N–H and O–H groups in total. The van der Waals surface area contributed by atoms with Crippen LogP contribution in [0.25, 0.3) is 0 Å². The molecule has 11 nitrogen and oxygen atoms in total. The Morgan fingerprint density at radius 1 is 0.341 bits per heavy atom. The van der Waals surface area contributed by atoms with Gasteiger partial charge in [-0.05, 0) is 165 Å². The van der Waals surface area contributed by atoms with Gasteiger partial charge in [0.25, 0.3) is 0 Å². The van der Waals surface area contributed by atoms with E-state index in [4.69, 9.17) is 25.5 Å². The zero-order valence-corrected chi connectivity index (χ0v) is 54.7. The second-order valence-corrected chi connectivity index (χ2v) is 31.2. The minimum atomic E-state index is -2.02. The van der Waals surface area contributed by atoms with Crippen molar-refractivity contribution in [2.45, 2.75) is 228 Å². The highest BCUT2D eigenvalue weighted by molar-refractivity contribution is 5.91. The fourth-order valence-corrected chi connectivity index (χ4v) is 10.8. The van der Waals surface area contributed by atoms with E-state index in [9.17, 15) is 25.5 Å². The molecule has 0 saturated heterocycles. The molecule has 11 heteroatoms. The van der Waals surface area contributed by atoms with Crippen molar-refractivity contribution in [3.63, 3.8) is 0 Å². The van der Waals surface area contributed by atoms with Gasteiger partial charge in [0.05, 0.1) is 31.8 Å². The summed E-state index contributed by atoms with van der Waals surface area (Å²) in [7, 11) is 0. The van der Waals surface area contributed by atoms with Gasteiger partial charge in [0.15, 0.2) is 0 Å². The predicted octanol–water partition coefficient (Wildman–Crippen LogP) is 14.7. The van der Waals surface area contributed by atoms with Crippen molar-refractivity contribution in [3.05, 3.63) is 145 Å². The largest absolute Gasteiger partial charge is 0.508 e. The summed E-state index contributed by atoms with van der Waals surface area (Å²) < 4.78 is 0. The van der Waals surface area contributed by atoms with Crippen LogP contribution in [0.15, 0.2) is 72.8 Å². The zero-order chi connectivity index (χ0) is 63.9. The summed E-state index contributed by atoms with van der Waals surface area (Å²) >= 11 is 0. The Morgan fingerprint density at radius 2 is 0.585 bits per heavy atom. The van der Waals surface area contributed by atoms with Crippen LogP contribution in [0.5, 0.6) is 28.7 Å². The third kappa shape index (κ3) is 15.4. The van der Waals surface area contributed by atoms with Gasteiger partial charge in [-0.2, -0.15) is 0 Å². The number of para-hydroxylation sites is 1. The molecular formula is C71H106O11. The molecule has 0 unspecified atom stereocenters. The topological polar surface area (TPSA) is 219 Å². The van der Waals surface area contributed by atoms with Gasteiger partial charge in [-0.3, -0.25) is 4.79 Å². The molecule has 0 radical (unpaired) electrons. The molecule has 0 amide bonds. The molecule has 0 spiro atoms. The van der Waals surface area contributed by atoms with Crippen LogP contribution in [0.2, 0.25) is 0 Å². The third-order valence-electron chi connectivity index (χ3n) is 15.8. The number of aliphatic hydroxyl groups excluding tert-OH is 4. The fourth-order valence-electron chi connectivity index (χ4n) is 10.8. The van der Waals surface area contributed by atoms with Crippen molar-refractivity contribution in [1.29, 1.82) is 0 Å². The number of benzene rings is 5. The number of carbonyl (C=O) groups is 1. The van der Waals surface area contributed by atoms with Gasteiger partial charge in [0, 0.05) is 5.92 Å². The number of hydrogen-bond donors (Lipinski definition) is 10. The van der Waals surface area contributed by atoms with E-state index in [0.29, 0.717) is 50.3 Å². The van der Waals surface area contributed by atoms with Gasteiger partial charge in [-0.25, -0.2) is 0 Å². The molecule has 0 bridgehead atoms. The molecule has 0 aromatic heterocycles. The Bertz CT molecular complexity index is 2820. The van der Waals surface area contributed by atoms with Crippen LogP contribution in [-0.4, -0.2) is 83.5 Å². The molecule has 5 aromatic rings. The second kappa shape index (κ2) is 24.6. The van der Waals surface area contributed by atoms with Crippen molar-refractivity contribution < 1.29 is 55.9 Å². The Morgan fingerprint density at radius 3 is 0.780 bits per heavy atom. The summed E-state index contributed by atoms with van der Waals surface area (Å²) in [6.07, 6.45) is 0. The normalized spacial score (nSPS) is 13.3. The van der Waals surface area contributed by atoms with E-state index in [1.165, 1.54) is 0 Å². The quantitative estimate of drug-likeness (QED) is 0.0634. The van der Waals surface area contributed by atoms with E-state index in [1.54, 1.807) is 18.2 Å². The lowest BCUT2D eigenvalue weighted by molar-refractivity contribution is -0.142. The van der Waals surface area contributed by atoms with Crippen molar-refractivity contribution in [2.24, 2.45) is 5.41 Å². The van der Waals surface area contributed by atoms with Crippen LogP contribution >= 0.6 is 0 Å². The maximum atomic E-state index is 16.3. The molecule has 0 saturated carbocycles. The zero-order valence-electron chi connectivity index (χ0n) is 54.7. The van der Waals surface area contributed by atoms with Crippen molar-refractivity contribution in [3.8, 4) is 28.7 Å². The SMILES string of the molecule is CC(C)(C)c1cc(C(c2cc(C(C)(C)C)c(O)cc2C(C)(C)C)C(C(=O)O)(c2cc(C(C)(C)C)c(O)cc2C(C)(C)C)c2cc(C(C)(C)C)c(O)cc2C(C)(C)C)c(C(C)(C)C)cc1O.Cc1ccccc1O.OCC(CO)(CO)CO. The number of phenols is 5. The maximum Gasteiger partial charge on any atom is 0.319 e. The van der Waals surface area contributed by atoms with Crippen LogP contribution in [0.1, 0.15) is 244 Å². The lowest BCUT2D eigenvalue weighted by Crippen LogP contribution is -2.48. The lowest BCUT2D eigenvalue weighted by atomic mass is 9.53. The Balaban J connectivity index is 0.000000886. The van der Waals surface area contributed by atoms with E-state index in [-0.39, 0.29) is 23.0 Å². The molecule has 456 valence electrons. The molecule has 5 aromatic carbocycles. The van der Waals surface area contributed by atoms with Gasteiger partial charge in [-0.15, -0.1) is 0 Å². The van der Waals surface area contributed by atoms with Crippen molar-refractivity contribution >= 4 is 5.97 Å². The number of aliphatic hydroxyl groups is 4. The van der Waals surface area contributed by atoms with Crippen LogP contribution < -0.4 is 0 Å². The third-order valence-corrected chi connectivity index (χ3v) is 15.8. The summed E-state index contributed by atoms with van der Waals surface area (Å²) in [6.45, 7) is 49.7. The van der Waals surface area contributed by atoms with E-state index in [0.717, 1.165) is 27.8 Å². The average molecular weight is 1140 g/mol. The number of aromatic hydroxyl groups is 5. The van der Waals surface area contributed by atoms with E-state index in [2.05, 4.69) is 137 Å². The molecule has 5 rings (SSSR count). The lowest BCUT2D eigenvalue weighted by Gasteiger charge is -2.47. The summed E-state index contributed by atoms with van der Waals surface area (Å²) in [5.41, 5.74) is 0.763. The van der Waals surface area contributed by atoms with E-state index >= 15 is 4.79 Å². The number of rotatable bonds is 10. The molecule has 0 heterocycles. The summed E-state index contributed by atoms with van der Waals surface area (Å²) in [5, 5.41) is 105. The predicted molar refractivity (Wildman–Crippen MR) is 336 cm³/mol. The second-order valence-electron chi connectivity index (χ2n) is 31.2. The van der Waals surface area contributed by atoms with Crippen LogP contribution in [0.3, 0.4) is 0 Å². The maximum absolute atomic E-state index is 16.3. The first kappa shape index (κ1) is 70.7. The highest BCUT2D eigenvalue weighted by Gasteiger charge is 2.57. The highest BCUT2D eigenvalue weighted by atomic mass is 16.4. The van der Waals surface area contributed by atoms with Gasteiger partial charge >= 0.3 is 5.97 Å². The van der Waals surface area contributed by atoms with E-state index in [1.807, 2.05) is 90.9 Å². The first-order chi connectivity index (χ1) is 36.8. The monoisotopic (exact) mass is 1130 g/mol. The number of aryl methyl sites for hydroxylation is 1. The molecule has 0 aliphatic carbocycles. The molecule has 0 atom stereocenters. The minimum Gasteiger partial charge on any atom is -0.508 e. The smallest absolute Gasteiger partial charge is 0.319 e. The van der Waals surface area contributed by atoms with Gasteiger partial charge in [0.1, 0.15) is 34.2 Å². The Labute approximate surface area is 493 Å². The summed E-state index contributed by atoms with van der Waals surface area (Å²) in [4.78, 5) is 16.3. The minimum absolute atomic E-state index is 0.0872. The van der Waals surface area contributed by atoms with Gasteiger partial charge in [0.2, 0.25) is 0 Å². The average Bonchev–Trinajstić information content (AvgIpc) is 2.07. The molecule has 0 aliphatic heterocycles. The number of phenolic OH excluding ortho intramolecular Hbond substituents is 5. The van der Waals surface area contributed by atoms with Crippen molar-refractivity contribution in [2.75, 3.05) is 26.4 Å². The number of hydrogen-bond acceptors (Lipinski definition) is 10.